The first-order chi connectivity index (χ1) is 9.84. The molecule has 1 aliphatic rings. The average molecular weight is 283 g/mol. The third-order valence-corrected chi connectivity index (χ3v) is 3.83. The minimum Gasteiger partial charge on any atom is -0.279 e. The van der Waals surface area contributed by atoms with Gasteiger partial charge in [0.1, 0.15) is 0 Å². The molecule has 2 aromatic rings. The molecular formula is C17H15ClN2. The molecule has 1 N–H and O–H groups in total. The van der Waals surface area contributed by atoms with E-state index in [0.717, 1.165) is 34.7 Å². The minimum atomic E-state index is 0.811. The SMILES string of the molecule is ClC1=C(/C=N/Nc2ccccc2)CCc2ccccc21. The number of rotatable bonds is 3. The van der Waals surface area contributed by atoms with Crippen molar-refractivity contribution in [3.05, 3.63) is 71.3 Å². The second-order valence-corrected chi connectivity index (χ2v) is 5.11. The van der Waals surface area contributed by atoms with Crippen LogP contribution >= 0.6 is 11.6 Å². The van der Waals surface area contributed by atoms with E-state index < -0.39 is 0 Å². The Labute approximate surface area is 123 Å². The van der Waals surface area contributed by atoms with Gasteiger partial charge in [-0.05, 0) is 41.7 Å². The van der Waals surface area contributed by atoms with Crippen molar-refractivity contribution in [3.63, 3.8) is 0 Å². The van der Waals surface area contributed by atoms with E-state index in [1.165, 1.54) is 5.56 Å². The van der Waals surface area contributed by atoms with Gasteiger partial charge in [0.25, 0.3) is 0 Å². The van der Waals surface area contributed by atoms with E-state index >= 15 is 0 Å². The van der Waals surface area contributed by atoms with E-state index in [-0.39, 0.29) is 0 Å². The summed E-state index contributed by atoms with van der Waals surface area (Å²) in [5, 5.41) is 5.08. The Hall–Kier alpha value is -2.06. The number of para-hydroxylation sites is 1. The summed E-state index contributed by atoms with van der Waals surface area (Å²) in [5.41, 5.74) is 7.50. The van der Waals surface area contributed by atoms with Crippen LogP contribution in [0.1, 0.15) is 17.5 Å². The first-order valence-corrected chi connectivity index (χ1v) is 7.03. The van der Waals surface area contributed by atoms with Gasteiger partial charge in [0.15, 0.2) is 0 Å². The summed E-state index contributed by atoms with van der Waals surface area (Å²) in [7, 11) is 0. The molecule has 0 fully saturated rings. The van der Waals surface area contributed by atoms with Crippen molar-refractivity contribution in [3.8, 4) is 0 Å². The maximum absolute atomic E-state index is 6.46. The molecule has 0 aromatic heterocycles. The molecule has 0 unspecified atom stereocenters. The Morgan fingerprint density at radius 1 is 0.950 bits per heavy atom. The fraction of sp³-hybridized carbons (Fsp3) is 0.118. The Kier molecular flexibility index (Phi) is 3.84. The van der Waals surface area contributed by atoms with Crippen LogP contribution in [-0.2, 0) is 6.42 Å². The van der Waals surface area contributed by atoms with Crippen LogP contribution in [-0.4, -0.2) is 6.21 Å². The molecule has 0 amide bonds. The maximum atomic E-state index is 6.46. The molecule has 0 saturated heterocycles. The van der Waals surface area contributed by atoms with E-state index in [1.54, 1.807) is 0 Å². The smallest absolute Gasteiger partial charge is 0.0561 e. The number of anilines is 1. The molecule has 0 aliphatic heterocycles. The van der Waals surface area contributed by atoms with E-state index in [2.05, 4.69) is 28.7 Å². The molecule has 0 spiro atoms. The monoisotopic (exact) mass is 282 g/mol. The van der Waals surface area contributed by atoms with Crippen LogP contribution in [0.3, 0.4) is 0 Å². The van der Waals surface area contributed by atoms with Crippen molar-refractivity contribution < 1.29 is 0 Å². The molecule has 0 atom stereocenters. The zero-order chi connectivity index (χ0) is 13.8. The van der Waals surface area contributed by atoms with Crippen molar-refractivity contribution in [2.45, 2.75) is 12.8 Å². The van der Waals surface area contributed by atoms with Gasteiger partial charge in [0.05, 0.1) is 16.9 Å². The van der Waals surface area contributed by atoms with Crippen molar-refractivity contribution in [2.24, 2.45) is 5.10 Å². The molecule has 0 saturated carbocycles. The highest BCUT2D eigenvalue weighted by atomic mass is 35.5. The molecule has 2 aromatic carbocycles. The first-order valence-electron chi connectivity index (χ1n) is 6.65. The lowest BCUT2D eigenvalue weighted by Gasteiger charge is -2.17. The summed E-state index contributed by atoms with van der Waals surface area (Å²) in [6.07, 6.45) is 3.76. The second kappa shape index (κ2) is 5.93. The van der Waals surface area contributed by atoms with Crippen LogP contribution in [0.5, 0.6) is 0 Å². The minimum absolute atomic E-state index is 0.811. The number of halogens is 1. The van der Waals surface area contributed by atoms with Gasteiger partial charge in [-0.25, -0.2) is 0 Å². The van der Waals surface area contributed by atoms with E-state index in [9.17, 15) is 0 Å². The molecule has 3 heteroatoms. The quantitative estimate of drug-likeness (QED) is 0.641. The number of benzene rings is 2. The fourth-order valence-corrected chi connectivity index (χ4v) is 2.65. The highest BCUT2D eigenvalue weighted by Gasteiger charge is 2.15. The maximum Gasteiger partial charge on any atom is 0.0561 e. The molecule has 100 valence electrons. The van der Waals surface area contributed by atoms with Gasteiger partial charge in [-0.1, -0.05) is 54.1 Å². The number of hydrogen-bond donors (Lipinski definition) is 1. The van der Waals surface area contributed by atoms with E-state index in [0.29, 0.717) is 0 Å². The summed E-state index contributed by atoms with van der Waals surface area (Å²) in [4.78, 5) is 0. The van der Waals surface area contributed by atoms with Gasteiger partial charge < -0.3 is 0 Å². The van der Waals surface area contributed by atoms with Crippen molar-refractivity contribution in [1.82, 2.24) is 0 Å². The molecule has 0 radical (unpaired) electrons. The molecular weight excluding hydrogens is 268 g/mol. The largest absolute Gasteiger partial charge is 0.279 e. The number of nitrogens with zero attached hydrogens (tertiary/aromatic N) is 1. The van der Waals surface area contributed by atoms with Crippen LogP contribution in [0.2, 0.25) is 0 Å². The Bertz CT molecular complexity index is 660. The number of aryl methyl sites for hydroxylation is 1. The third kappa shape index (κ3) is 2.75. The molecule has 1 aliphatic carbocycles. The highest BCUT2D eigenvalue weighted by Crippen LogP contribution is 2.33. The summed E-state index contributed by atoms with van der Waals surface area (Å²) in [5.74, 6) is 0. The van der Waals surface area contributed by atoms with E-state index in [1.807, 2.05) is 42.6 Å². The summed E-state index contributed by atoms with van der Waals surface area (Å²) >= 11 is 6.46. The number of allylic oxidation sites excluding steroid dienone is 1. The summed E-state index contributed by atoms with van der Waals surface area (Å²) in [6, 6.07) is 18.1. The van der Waals surface area contributed by atoms with Crippen LogP contribution in [0.25, 0.3) is 5.03 Å². The topological polar surface area (TPSA) is 24.4 Å². The number of hydrazone groups is 1. The summed E-state index contributed by atoms with van der Waals surface area (Å²) in [6.45, 7) is 0. The van der Waals surface area contributed by atoms with Gasteiger partial charge in [0.2, 0.25) is 0 Å². The van der Waals surface area contributed by atoms with Crippen molar-refractivity contribution in [1.29, 1.82) is 0 Å². The first kappa shape index (κ1) is 12.9. The third-order valence-electron chi connectivity index (χ3n) is 3.39. The van der Waals surface area contributed by atoms with Crippen LogP contribution in [0.4, 0.5) is 5.69 Å². The number of fused-ring (bicyclic) bond motifs is 1. The van der Waals surface area contributed by atoms with Gasteiger partial charge >= 0.3 is 0 Å². The average Bonchev–Trinajstić information content (AvgIpc) is 2.51. The zero-order valence-electron chi connectivity index (χ0n) is 11.0. The summed E-state index contributed by atoms with van der Waals surface area (Å²) < 4.78 is 0. The number of nitrogens with one attached hydrogen (secondary N) is 1. The molecule has 2 nitrogen and oxygen atoms in total. The second-order valence-electron chi connectivity index (χ2n) is 4.73. The lowest BCUT2D eigenvalue weighted by molar-refractivity contribution is 0.960. The fourth-order valence-electron chi connectivity index (χ4n) is 2.32. The van der Waals surface area contributed by atoms with Gasteiger partial charge in [-0.3, -0.25) is 5.43 Å². The Balaban J connectivity index is 1.78. The molecule has 3 rings (SSSR count). The number of hydrogen-bond acceptors (Lipinski definition) is 2. The molecule has 20 heavy (non-hydrogen) atoms. The standard InChI is InChI=1S/C17H15ClN2/c18-17-14(11-10-13-6-4-5-9-16(13)17)12-19-20-15-7-2-1-3-8-15/h1-9,12,20H,10-11H2/b19-12+. The van der Waals surface area contributed by atoms with Crippen molar-refractivity contribution >= 4 is 28.5 Å². The van der Waals surface area contributed by atoms with Crippen LogP contribution in [0.15, 0.2) is 65.3 Å². The van der Waals surface area contributed by atoms with E-state index in [4.69, 9.17) is 11.6 Å². The van der Waals surface area contributed by atoms with Crippen LogP contribution in [0, 0.1) is 0 Å². The normalized spacial score (nSPS) is 14.4. The lowest BCUT2D eigenvalue weighted by atomic mass is 9.92. The van der Waals surface area contributed by atoms with Crippen molar-refractivity contribution in [2.75, 3.05) is 5.43 Å². The lowest BCUT2D eigenvalue weighted by Crippen LogP contribution is -2.04. The highest BCUT2D eigenvalue weighted by molar-refractivity contribution is 6.50. The Morgan fingerprint density at radius 3 is 2.55 bits per heavy atom. The predicted octanol–water partition coefficient (Wildman–Crippen LogP) is 4.68. The van der Waals surface area contributed by atoms with Gasteiger partial charge in [-0.15, -0.1) is 0 Å². The predicted molar refractivity (Wildman–Crippen MR) is 86.1 cm³/mol. The van der Waals surface area contributed by atoms with Crippen LogP contribution < -0.4 is 5.43 Å². The Morgan fingerprint density at radius 2 is 1.70 bits per heavy atom. The van der Waals surface area contributed by atoms with Gasteiger partial charge in [-0.2, -0.15) is 5.10 Å². The molecule has 0 heterocycles. The molecule has 0 bridgehead atoms. The zero-order valence-corrected chi connectivity index (χ0v) is 11.8. The van der Waals surface area contributed by atoms with Gasteiger partial charge in [0, 0.05) is 0 Å².